The number of benzene rings is 1. The van der Waals surface area contributed by atoms with Gasteiger partial charge in [0, 0.05) is 12.1 Å². The van der Waals surface area contributed by atoms with Crippen LogP contribution in [0.25, 0.3) is 6.08 Å². The molecule has 2 N–H and O–H groups in total. The topological polar surface area (TPSA) is 44.5 Å². The number of ether oxygens (including phenoxy) is 2. The lowest BCUT2D eigenvalue weighted by Crippen LogP contribution is -1.95. The quantitative estimate of drug-likeness (QED) is 0.859. The van der Waals surface area contributed by atoms with Gasteiger partial charge in [0.2, 0.25) is 0 Å². The molecule has 0 aromatic heterocycles. The van der Waals surface area contributed by atoms with E-state index in [1.54, 1.807) is 26.4 Å². The molecule has 1 aromatic carbocycles. The summed E-state index contributed by atoms with van der Waals surface area (Å²) in [6.45, 7) is 0.455. The van der Waals surface area contributed by atoms with Crippen LogP contribution in [0.15, 0.2) is 18.2 Å². The van der Waals surface area contributed by atoms with Crippen molar-refractivity contribution in [2.24, 2.45) is 5.73 Å². The summed E-state index contributed by atoms with van der Waals surface area (Å²) < 4.78 is 10.4. The van der Waals surface area contributed by atoms with Crippen molar-refractivity contribution in [1.29, 1.82) is 0 Å². The van der Waals surface area contributed by atoms with Gasteiger partial charge >= 0.3 is 0 Å². The van der Waals surface area contributed by atoms with Crippen molar-refractivity contribution in [3.8, 4) is 11.5 Å². The van der Waals surface area contributed by atoms with E-state index >= 15 is 0 Å². The number of methoxy groups -OCH3 is 2. The second kappa shape index (κ2) is 5.63. The molecule has 4 heteroatoms. The molecule has 0 saturated heterocycles. The van der Waals surface area contributed by atoms with Crippen LogP contribution in [0.4, 0.5) is 0 Å². The number of nitrogens with two attached hydrogens (primary N) is 1. The third-order valence-electron chi connectivity index (χ3n) is 1.95. The fourth-order valence-corrected chi connectivity index (χ4v) is 1.48. The van der Waals surface area contributed by atoms with Crippen molar-refractivity contribution in [2.75, 3.05) is 20.8 Å². The second-order valence-electron chi connectivity index (χ2n) is 2.83. The van der Waals surface area contributed by atoms with E-state index in [0.717, 1.165) is 5.56 Å². The van der Waals surface area contributed by atoms with Gasteiger partial charge in [-0.1, -0.05) is 23.8 Å². The summed E-state index contributed by atoms with van der Waals surface area (Å²) in [4.78, 5) is 0. The highest BCUT2D eigenvalue weighted by molar-refractivity contribution is 6.32. The standard InChI is InChI=1S/C11H14ClNO2/c1-14-10-6-5-9(12)8(4-3-7-13)11(10)15-2/h3-6H,7,13H2,1-2H3/b4-3+. The highest BCUT2D eigenvalue weighted by Gasteiger charge is 2.10. The van der Waals surface area contributed by atoms with Crippen LogP contribution < -0.4 is 15.2 Å². The third-order valence-corrected chi connectivity index (χ3v) is 2.28. The first-order valence-corrected chi connectivity index (χ1v) is 4.89. The van der Waals surface area contributed by atoms with Crippen LogP contribution in [0, 0.1) is 0 Å². The Morgan fingerprint density at radius 1 is 1.33 bits per heavy atom. The van der Waals surface area contributed by atoms with E-state index in [1.807, 2.05) is 12.2 Å². The van der Waals surface area contributed by atoms with Gasteiger partial charge in [0.15, 0.2) is 11.5 Å². The minimum Gasteiger partial charge on any atom is -0.493 e. The first kappa shape index (κ1) is 11.9. The first-order chi connectivity index (χ1) is 7.24. The zero-order chi connectivity index (χ0) is 11.3. The average Bonchev–Trinajstić information content (AvgIpc) is 2.27. The van der Waals surface area contributed by atoms with Crippen LogP contribution >= 0.6 is 11.6 Å². The van der Waals surface area contributed by atoms with Gasteiger partial charge in [-0.15, -0.1) is 0 Å². The van der Waals surface area contributed by atoms with Gasteiger partial charge < -0.3 is 15.2 Å². The predicted molar refractivity (Wildman–Crippen MR) is 62.6 cm³/mol. The maximum absolute atomic E-state index is 6.05. The number of hydrogen-bond acceptors (Lipinski definition) is 3. The lowest BCUT2D eigenvalue weighted by atomic mass is 10.1. The van der Waals surface area contributed by atoms with Crippen molar-refractivity contribution < 1.29 is 9.47 Å². The highest BCUT2D eigenvalue weighted by Crippen LogP contribution is 2.36. The van der Waals surface area contributed by atoms with Crippen LogP contribution in [0.3, 0.4) is 0 Å². The van der Waals surface area contributed by atoms with Gasteiger partial charge in [0.25, 0.3) is 0 Å². The van der Waals surface area contributed by atoms with Crippen molar-refractivity contribution in [3.05, 3.63) is 28.8 Å². The molecule has 1 aromatic rings. The fourth-order valence-electron chi connectivity index (χ4n) is 1.27. The molecule has 0 aliphatic rings. The van der Waals surface area contributed by atoms with Gasteiger partial charge in [-0.3, -0.25) is 0 Å². The molecular formula is C11H14ClNO2. The van der Waals surface area contributed by atoms with Gasteiger partial charge in [-0.05, 0) is 12.1 Å². The van der Waals surface area contributed by atoms with Crippen molar-refractivity contribution in [3.63, 3.8) is 0 Å². The molecule has 1 rings (SSSR count). The minimum atomic E-state index is 0.455. The Labute approximate surface area is 94.4 Å². The van der Waals surface area contributed by atoms with Crippen molar-refractivity contribution >= 4 is 17.7 Å². The molecular weight excluding hydrogens is 214 g/mol. The third kappa shape index (κ3) is 2.64. The largest absolute Gasteiger partial charge is 0.493 e. The molecule has 3 nitrogen and oxygen atoms in total. The highest BCUT2D eigenvalue weighted by atomic mass is 35.5. The predicted octanol–water partition coefficient (Wildman–Crippen LogP) is 2.33. The average molecular weight is 228 g/mol. The molecule has 0 saturated carbocycles. The van der Waals surface area contributed by atoms with E-state index in [9.17, 15) is 0 Å². The molecule has 0 heterocycles. The SMILES string of the molecule is COc1ccc(Cl)c(/C=C/CN)c1OC. The lowest BCUT2D eigenvalue weighted by Gasteiger charge is -2.11. The van der Waals surface area contributed by atoms with E-state index in [-0.39, 0.29) is 0 Å². The van der Waals surface area contributed by atoms with Gasteiger partial charge in [-0.2, -0.15) is 0 Å². The van der Waals surface area contributed by atoms with E-state index in [0.29, 0.717) is 23.1 Å². The molecule has 0 spiro atoms. The molecule has 0 unspecified atom stereocenters. The normalized spacial score (nSPS) is 10.7. The van der Waals surface area contributed by atoms with E-state index in [2.05, 4.69) is 0 Å². The Bertz CT molecular complexity index is 364. The minimum absolute atomic E-state index is 0.455. The molecule has 82 valence electrons. The molecule has 0 atom stereocenters. The number of halogens is 1. The van der Waals surface area contributed by atoms with Crippen LogP contribution in [0.5, 0.6) is 11.5 Å². The van der Waals surface area contributed by atoms with Crippen molar-refractivity contribution in [2.45, 2.75) is 0 Å². The molecule has 0 radical (unpaired) electrons. The van der Waals surface area contributed by atoms with Crippen LogP contribution in [-0.2, 0) is 0 Å². The van der Waals surface area contributed by atoms with Gasteiger partial charge in [-0.25, -0.2) is 0 Å². The second-order valence-corrected chi connectivity index (χ2v) is 3.24. The smallest absolute Gasteiger partial charge is 0.169 e. The zero-order valence-electron chi connectivity index (χ0n) is 8.79. The Morgan fingerprint density at radius 2 is 2.07 bits per heavy atom. The number of rotatable bonds is 4. The maximum Gasteiger partial charge on any atom is 0.169 e. The van der Waals surface area contributed by atoms with E-state index < -0.39 is 0 Å². The van der Waals surface area contributed by atoms with E-state index in [1.165, 1.54) is 0 Å². The van der Waals surface area contributed by atoms with Crippen LogP contribution in [0.1, 0.15) is 5.56 Å². The molecule has 0 fully saturated rings. The maximum atomic E-state index is 6.05. The summed E-state index contributed by atoms with van der Waals surface area (Å²) >= 11 is 6.05. The summed E-state index contributed by atoms with van der Waals surface area (Å²) in [6, 6.07) is 3.53. The van der Waals surface area contributed by atoms with Crippen LogP contribution in [-0.4, -0.2) is 20.8 Å². The van der Waals surface area contributed by atoms with Crippen LogP contribution in [0.2, 0.25) is 5.02 Å². The number of hydrogen-bond donors (Lipinski definition) is 1. The molecule has 0 aliphatic heterocycles. The van der Waals surface area contributed by atoms with Crippen molar-refractivity contribution in [1.82, 2.24) is 0 Å². The summed E-state index contributed by atoms with van der Waals surface area (Å²) in [5.74, 6) is 1.27. The molecule has 0 aliphatic carbocycles. The van der Waals surface area contributed by atoms with Gasteiger partial charge in [0.1, 0.15) is 0 Å². The molecule has 0 bridgehead atoms. The molecule has 0 amide bonds. The Kier molecular flexibility index (Phi) is 4.46. The van der Waals surface area contributed by atoms with Gasteiger partial charge in [0.05, 0.1) is 19.2 Å². The molecule has 15 heavy (non-hydrogen) atoms. The fraction of sp³-hybridized carbons (Fsp3) is 0.273. The Hall–Kier alpha value is -1.19. The Balaban J connectivity index is 3.25. The summed E-state index contributed by atoms with van der Waals surface area (Å²) in [7, 11) is 3.16. The summed E-state index contributed by atoms with van der Waals surface area (Å²) in [5, 5.41) is 0.609. The zero-order valence-corrected chi connectivity index (χ0v) is 9.54. The lowest BCUT2D eigenvalue weighted by molar-refractivity contribution is 0.354. The Morgan fingerprint density at radius 3 is 2.60 bits per heavy atom. The summed E-state index contributed by atoms with van der Waals surface area (Å²) in [6.07, 6.45) is 3.63. The first-order valence-electron chi connectivity index (χ1n) is 4.51. The monoisotopic (exact) mass is 227 g/mol. The summed E-state index contributed by atoms with van der Waals surface area (Å²) in [5.41, 5.74) is 6.17. The van der Waals surface area contributed by atoms with E-state index in [4.69, 9.17) is 26.8 Å².